The Labute approximate surface area is 197 Å². The van der Waals surface area contributed by atoms with E-state index in [1.807, 2.05) is 5.32 Å². The van der Waals surface area contributed by atoms with Crippen LogP contribution in [-0.2, 0) is 16.1 Å². The number of aldehydes is 1. The summed E-state index contributed by atoms with van der Waals surface area (Å²) in [5.74, 6) is -1.97. The van der Waals surface area contributed by atoms with Crippen LogP contribution in [0.2, 0.25) is 5.02 Å². The molecule has 3 amide bonds. The summed E-state index contributed by atoms with van der Waals surface area (Å²) >= 11 is 5.86. The molecule has 12 heteroatoms. The summed E-state index contributed by atoms with van der Waals surface area (Å²) in [7, 11) is 1.40. The summed E-state index contributed by atoms with van der Waals surface area (Å²) in [6, 6.07) is 3.10. The van der Waals surface area contributed by atoms with Gasteiger partial charge in [0.05, 0.1) is 10.7 Å². The van der Waals surface area contributed by atoms with Crippen LogP contribution in [0.1, 0.15) is 50.9 Å². The van der Waals surface area contributed by atoms with Crippen LogP contribution in [0.25, 0.3) is 0 Å². The molecule has 2 atom stereocenters. The Morgan fingerprint density at radius 2 is 2.03 bits per heavy atom. The van der Waals surface area contributed by atoms with Gasteiger partial charge in [0.15, 0.2) is 6.04 Å². The van der Waals surface area contributed by atoms with Crippen molar-refractivity contribution >= 4 is 35.6 Å². The van der Waals surface area contributed by atoms with Crippen LogP contribution in [0.5, 0.6) is 0 Å². The lowest BCUT2D eigenvalue weighted by molar-refractivity contribution is -0.156. The second kappa shape index (κ2) is 10.2. The van der Waals surface area contributed by atoms with Gasteiger partial charge in [-0.1, -0.05) is 11.6 Å². The lowest BCUT2D eigenvalue weighted by Gasteiger charge is -2.25. The molecule has 0 saturated carbocycles. The van der Waals surface area contributed by atoms with Gasteiger partial charge in [0.2, 0.25) is 5.91 Å². The van der Waals surface area contributed by atoms with Gasteiger partial charge < -0.3 is 20.3 Å². The Balaban J connectivity index is 1.85. The molecular formula is C22H20ClF3N4O4. The largest absolute Gasteiger partial charge is 0.414 e. The van der Waals surface area contributed by atoms with Crippen LogP contribution >= 0.6 is 11.6 Å². The SMILES string of the molecule is CNC(=O)C(CCC=O)N1Cc2cc(C(=O)N[C@H](c3ncccc3Cl)C(F)(F)F)ccc2C1=O. The molecule has 0 spiro atoms. The quantitative estimate of drug-likeness (QED) is 0.546. The predicted octanol–water partition coefficient (Wildman–Crippen LogP) is 2.82. The van der Waals surface area contributed by atoms with E-state index in [1.54, 1.807) is 0 Å². The Morgan fingerprint density at radius 3 is 2.65 bits per heavy atom. The first kappa shape index (κ1) is 25.2. The van der Waals surface area contributed by atoms with Gasteiger partial charge in [0, 0.05) is 37.3 Å². The van der Waals surface area contributed by atoms with Crippen molar-refractivity contribution in [2.75, 3.05) is 7.05 Å². The molecule has 8 nitrogen and oxygen atoms in total. The molecule has 1 unspecified atom stereocenters. The van der Waals surface area contributed by atoms with Crippen molar-refractivity contribution in [3.05, 3.63) is 63.9 Å². The fraction of sp³-hybridized carbons (Fsp3) is 0.318. The number of pyridine rings is 1. The van der Waals surface area contributed by atoms with Gasteiger partial charge in [-0.2, -0.15) is 13.2 Å². The summed E-state index contributed by atoms with van der Waals surface area (Å²) in [4.78, 5) is 53.4. The molecular weight excluding hydrogens is 477 g/mol. The minimum Gasteiger partial charge on any atom is -0.357 e. The molecule has 1 aromatic heterocycles. The zero-order chi connectivity index (χ0) is 25.0. The number of fused-ring (bicyclic) bond motifs is 1. The van der Waals surface area contributed by atoms with Crippen LogP contribution in [0.4, 0.5) is 13.2 Å². The fourth-order valence-electron chi connectivity index (χ4n) is 3.69. The monoisotopic (exact) mass is 496 g/mol. The zero-order valence-electron chi connectivity index (χ0n) is 17.9. The first-order valence-corrected chi connectivity index (χ1v) is 10.5. The maximum absolute atomic E-state index is 13.7. The molecule has 0 radical (unpaired) electrons. The normalized spacial score (nSPS) is 14.9. The van der Waals surface area contributed by atoms with E-state index in [0.717, 1.165) is 6.20 Å². The highest BCUT2D eigenvalue weighted by Crippen LogP contribution is 2.35. The van der Waals surface area contributed by atoms with E-state index in [0.29, 0.717) is 11.8 Å². The third-order valence-electron chi connectivity index (χ3n) is 5.35. The molecule has 0 aliphatic carbocycles. The highest BCUT2D eigenvalue weighted by Gasteiger charge is 2.44. The second-order valence-corrected chi connectivity index (χ2v) is 7.90. The number of halogens is 4. The van der Waals surface area contributed by atoms with Crippen molar-refractivity contribution in [1.29, 1.82) is 0 Å². The molecule has 0 fully saturated rings. The summed E-state index contributed by atoms with van der Waals surface area (Å²) < 4.78 is 41.0. The van der Waals surface area contributed by atoms with Crippen molar-refractivity contribution in [2.24, 2.45) is 0 Å². The molecule has 3 rings (SSSR count). The van der Waals surface area contributed by atoms with Crippen LogP contribution in [0.3, 0.4) is 0 Å². The standard InChI is InChI=1S/C22H20ClF3N4O4/c1-27-20(33)16(5-3-9-31)30-11-13-10-12(6-7-14(13)21(30)34)19(32)29-18(22(24,25)26)17-15(23)4-2-8-28-17/h2,4,6-10,16,18H,3,5,11H2,1H3,(H,27,33)(H,29,32)/t16?,18-/m1/s1. The van der Waals surface area contributed by atoms with Gasteiger partial charge in [0.1, 0.15) is 12.3 Å². The highest BCUT2D eigenvalue weighted by atomic mass is 35.5. The molecule has 0 bridgehead atoms. The van der Waals surface area contributed by atoms with Crippen molar-refractivity contribution in [3.63, 3.8) is 0 Å². The Kier molecular flexibility index (Phi) is 7.55. The number of likely N-dealkylation sites (N-methyl/N-ethyl adjacent to an activating group) is 1. The lowest BCUT2D eigenvalue weighted by atomic mass is 10.0. The van der Waals surface area contributed by atoms with Gasteiger partial charge in [-0.05, 0) is 42.3 Å². The number of hydrogen-bond donors (Lipinski definition) is 2. The molecule has 1 aromatic carbocycles. The Morgan fingerprint density at radius 1 is 1.29 bits per heavy atom. The first-order valence-electron chi connectivity index (χ1n) is 10.2. The Bertz CT molecular complexity index is 1130. The molecule has 1 aliphatic rings. The van der Waals surface area contributed by atoms with E-state index in [-0.39, 0.29) is 35.5 Å². The van der Waals surface area contributed by atoms with Crippen molar-refractivity contribution < 1.29 is 32.3 Å². The van der Waals surface area contributed by atoms with E-state index in [9.17, 15) is 32.3 Å². The second-order valence-electron chi connectivity index (χ2n) is 7.50. The summed E-state index contributed by atoms with van der Waals surface area (Å²) in [6.45, 7) is -0.0407. The summed E-state index contributed by atoms with van der Waals surface area (Å²) in [5.41, 5.74) is -0.0657. The van der Waals surface area contributed by atoms with E-state index < -0.39 is 41.7 Å². The van der Waals surface area contributed by atoms with Crippen LogP contribution in [0, 0.1) is 0 Å². The fourth-order valence-corrected chi connectivity index (χ4v) is 3.92. The Hall–Kier alpha value is -3.47. The van der Waals surface area contributed by atoms with E-state index >= 15 is 0 Å². The number of amides is 3. The van der Waals surface area contributed by atoms with Crippen molar-refractivity contribution in [1.82, 2.24) is 20.5 Å². The number of rotatable bonds is 8. The van der Waals surface area contributed by atoms with Gasteiger partial charge in [0.25, 0.3) is 11.8 Å². The van der Waals surface area contributed by atoms with E-state index in [2.05, 4.69) is 10.3 Å². The minimum absolute atomic E-state index is 0.0407. The lowest BCUT2D eigenvalue weighted by Crippen LogP contribution is -2.46. The number of alkyl halides is 3. The summed E-state index contributed by atoms with van der Waals surface area (Å²) in [6.07, 6.45) is -2.93. The van der Waals surface area contributed by atoms with E-state index in [4.69, 9.17) is 11.6 Å². The number of carbonyl (C=O) groups is 4. The summed E-state index contributed by atoms with van der Waals surface area (Å²) in [5, 5.41) is 4.10. The molecule has 2 aromatic rings. The van der Waals surface area contributed by atoms with Crippen LogP contribution < -0.4 is 10.6 Å². The van der Waals surface area contributed by atoms with Crippen LogP contribution in [-0.4, -0.2) is 53.2 Å². The first-order chi connectivity index (χ1) is 16.1. The molecule has 0 saturated heterocycles. The number of nitrogens with zero attached hydrogens (tertiary/aromatic N) is 2. The molecule has 2 heterocycles. The highest BCUT2D eigenvalue weighted by molar-refractivity contribution is 6.31. The molecule has 34 heavy (non-hydrogen) atoms. The molecule has 180 valence electrons. The van der Waals surface area contributed by atoms with E-state index in [1.165, 1.54) is 42.3 Å². The molecule has 1 aliphatic heterocycles. The number of carbonyl (C=O) groups excluding carboxylic acids is 4. The number of hydrogen-bond acceptors (Lipinski definition) is 5. The average molecular weight is 497 g/mol. The average Bonchev–Trinajstić information content (AvgIpc) is 3.12. The van der Waals surface area contributed by atoms with Gasteiger partial charge in [-0.3, -0.25) is 19.4 Å². The van der Waals surface area contributed by atoms with Crippen LogP contribution in [0.15, 0.2) is 36.5 Å². The third kappa shape index (κ3) is 5.19. The maximum atomic E-state index is 13.7. The smallest absolute Gasteiger partial charge is 0.357 e. The predicted molar refractivity (Wildman–Crippen MR) is 115 cm³/mol. The number of benzene rings is 1. The van der Waals surface area contributed by atoms with Gasteiger partial charge >= 0.3 is 6.18 Å². The van der Waals surface area contributed by atoms with Gasteiger partial charge in [-0.15, -0.1) is 0 Å². The topological polar surface area (TPSA) is 108 Å². The van der Waals surface area contributed by atoms with Crippen molar-refractivity contribution in [2.45, 2.75) is 37.6 Å². The zero-order valence-corrected chi connectivity index (χ0v) is 18.6. The number of nitrogens with one attached hydrogen (secondary N) is 2. The molecule has 2 N–H and O–H groups in total. The van der Waals surface area contributed by atoms with Gasteiger partial charge in [-0.25, -0.2) is 0 Å². The third-order valence-corrected chi connectivity index (χ3v) is 5.67. The maximum Gasteiger partial charge on any atom is 0.414 e. The minimum atomic E-state index is -4.86. The van der Waals surface area contributed by atoms with Crippen molar-refractivity contribution in [3.8, 4) is 0 Å². The number of aromatic nitrogens is 1.